The Bertz CT molecular complexity index is 1010. The van der Waals surface area contributed by atoms with Crippen LogP contribution in [-0.4, -0.2) is 48.9 Å². The largest absolute Gasteiger partial charge is 0.353 e. The van der Waals surface area contributed by atoms with Crippen molar-refractivity contribution in [1.82, 2.24) is 9.80 Å². The zero-order valence-electron chi connectivity index (χ0n) is 15.1. The summed E-state index contributed by atoms with van der Waals surface area (Å²) in [5.74, 6) is 1.12. The summed E-state index contributed by atoms with van der Waals surface area (Å²) in [6.45, 7) is 6.38. The molecule has 0 bridgehead atoms. The van der Waals surface area contributed by atoms with E-state index in [-0.39, 0.29) is 0 Å². The van der Waals surface area contributed by atoms with E-state index in [1.807, 2.05) is 11.3 Å². The molecule has 5 heteroatoms. The fourth-order valence-corrected chi connectivity index (χ4v) is 5.03. The zero-order valence-corrected chi connectivity index (χ0v) is 15.9. The summed E-state index contributed by atoms with van der Waals surface area (Å²) in [6, 6.07) is 14.9. The van der Waals surface area contributed by atoms with Gasteiger partial charge in [-0.3, -0.25) is 0 Å². The molecule has 132 valence electrons. The highest BCUT2D eigenvalue weighted by Crippen LogP contribution is 2.44. The van der Waals surface area contributed by atoms with E-state index in [1.54, 1.807) is 0 Å². The summed E-state index contributed by atoms with van der Waals surface area (Å²) in [5.41, 5.74) is 4.69. The van der Waals surface area contributed by atoms with Gasteiger partial charge in [0.15, 0.2) is 0 Å². The van der Waals surface area contributed by atoms with Gasteiger partial charge in [0.05, 0.1) is 16.9 Å². The van der Waals surface area contributed by atoms with E-state index >= 15 is 0 Å². The highest BCUT2D eigenvalue weighted by molar-refractivity contribution is 7.23. The summed E-state index contributed by atoms with van der Waals surface area (Å²) in [4.78, 5) is 10.0. The number of nitrogens with zero attached hydrogens (tertiary/aromatic N) is 3. The summed E-state index contributed by atoms with van der Waals surface area (Å²) in [5, 5.41) is 6.21. The van der Waals surface area contributed by atoms with Gasteiger partial charge in [0.1, 0.15) is 10.8 Å². The number of hydrogen-bond donors (Lipinski definition) is 1. The van der Waals surface area contributed by atoms with Crippen molar-refractivity contribution in [2.45, 2.75) is 6.92 Å². The minimum Gasteiger partial charge on any atom is -0.353 e. The van der Waals surface area contributed by atoms with Gasteiger partial charge in [-0.05, 0) is 37.7 Å². The first kappa shape index (κ1) is 15.9. The molecule has 2 aliphatic rings. The zero-order chi connectivity index (χ0) is 17.7. The fraction of sp³-hybridized carbons (Fsp3) is 0.286. The van der Waals surface area contributed by atoms with E-state index in [2.05, 4.69) is 71.6 Å². The van der Waals surface area contributed by atoms with Gasteiger partial charge in [0, 0.05) is 36.3 Å². The highest BCUT2D eigenvalue weighted by atomic mass is 32.1. The van der Waals surface area contributed by atoms with E-state index < -0.39 is 0 Å². The molecule has 0 saturated carbocycles. The third-order valence-corrected chi connectivity index (χ3v) is 6.40. The van der Waals surface area contributed by atoms with Crippen LogP contribution in [0, 0.1) is 6.92 Å². The number of para-hydroxylation sites is 2. The average Bonchev–Trinajstić information content (AvgIpc) is 2.93. The Kier molecular flexibility index (Phi) is 3.72. The number of rotatable bonds is 0. The number of amidine groups is 1. The summed E-state index contributed by atoms with van der Waals surface area (Å²) >= 11 is 1.83. The van der Waals surface area contributed by atoms with Crippen molar-refractivity contribution in [1.29, 1.82) is 0 Å². The van der Waals surface area contributed by atoms with Gasteiger partial charge in [0.2, 0.25) is 0 Å². The molecule has 3 heterocycles. The Balaban J connectivity index is 1.75. The van der Waals surface area contributed by atoms with Gasteiger partial charge in [-0.15, -0.1) is 11.3 Å². The maximum atomic E-state index is 5.16. The Hall–Kier alpha value is -2.37. The smallest absolute Gasteiger partial charge is 0.140 e. The molecule has 2 aromatic carbocycles. The number of aliphatic imine (C=N–C) groups is 1. The molecular weight excluding hydrogens is 340 g/mol. The Morgan fingerprint density at radius 1 is 1.00 bits per heavy atom. The highest BCUT2D eigenvalue weighted by Gasteiger charge is 2.27. The van der Waals surface area contributed by atoms with E-state index in [0.717, 1.165) is 43.4 Å². The molecular formula is C21H22N4S. The van der Waals surface area contributed by atoms with Gasteiger partial charge in [-0.25, -0.2) is 4.99 Å². The first-order valence-electron chi connectivity index (χ1n) is 9.11. The van der Waals surface area contributed by atoms with Crippen molar-refractivity contribution in [2.24, 2.45) is 4.99 Å². The molecule has 2 aliphatic heterocycles. The Labute approximate surface area is 157 Å². The quantitative estimate of drug-likeness (QED) is 0.634. The van der Waals surface area contributed by atoms with Crippen LogP contribution in [0.15, 0.2) is 47.5 Å². The van der Waals surface area contributed by atoms with Crippen LogP contribution >= 0.6 is 11.3 Å². The second kappa shape index (κ2) is 6.11. The first-order valence-corrected chi connectivity index (χ1v) is 9.93. The SMILES string of the molecule is Cc1cccc2sc3c(c12)C(N1CCN(C)CC1)=Nc1ccccc1N3. The van der Waals surface area contributed by atoms with Crippen molar-refractivity contribution in [2.75, 3.05) is 38.5 Å². The molecule has 1 aromatic heterocycles. The third-order valence-electron chi connectivity index (χ3n) is 5.33. The van der Waals surface area contributed by atoms with Crippen molar-refractivity contribution in [3.63, 3.8) is 0 Å². The standard InChI is InChI=1S/C21H22N4S/c1-14-6-5-9-17-18(14)19-20(25-12-10-24(2)11-13-25)22-15-7-3-4-8-16(15)23-21(19)26-17/h3-9,23H,10-13H2,1-2H3. The Morgan fingerprint density at radius 2 is 1.81 bits per heavy atom. The molecule has 4 nitrogen and oxygen atoms in total. The van der Waals surface area contributed by atoms with Crippen LogP contribution in [0.5, 0.6) is 0 Å². The molecule has 5 rings (SSSR count). The van der Waals surface area contributed by atoms with Crippen molar-refractivity contribution in [3.8, 4) is 0 Å². The molecule has 0 aliphatic carbocycles. The van der Waals surface area contributed by atoms with Crippen LogP contribution in [0.4, 0.5) is 16.4 Å². The summed E-state index contributed by atoms with van der Waals surface area (Å²) in [7, 11) is 2.19. The average molecular weight is 363 g/mol. The molecule has 1 saturated heterocycles. The van der Waals surface area contributed by atoms with E-state index in [4.69, 9.17) is 4.99 Å². The van der Waals surface area contributed by atoms with Gasteiger partial charge < -0.3 is 15.1 Å². The summed E-state index contributed by atoms with van der Waals surface area (Å²) < 4.78 is 1.32. The molecule has 0 unspecified atom stereocenters. The Morgan fingerprint density at radius 3 is 2.65 bits per heavy atom. The number of anilines is 2. The van der Waals surface area contributed by atoms with Gasteiger partial charge >= 0.3 is 0 Å². The van der Waals surface area contributed by atoms with Crippen LogP contribution in [-0.2, 0) is 0 Å². The molecule has 1 fully saturated rings. The number of nitrogens with one attached hydrogen (secondary N) is 1. The fourth-order valence-electron chi connectivity index (χ4n) is 3.84. The maximum Gasteiger partial charge on any atom is 0.140 e. The van der Waals surface area contributed by atoms with Crippen LogP contribution in [0.25, 0.3) is 10.1 Å². The molecule has 0 spiro atoms. The van der Waals surface area contributed by atoms with Crippen molar-refractivity contribution < 1.29 is 0 Å². The number of thiophene rings is 1. The monoisotopic (exact) mass is 362 g/mol. The van der Waals surface area contributed by atoms with Crippen LogP contribution < -0.4 is 5.32 Å². The lowest BCUT2D eigenvalue weighted by molar-refractivity contribution is 0.216. The molecule has 1 N–H and O–H groups in total. The van der Waals surface area contributed by atoms with E-state index in [1.165, 1.54) is 26.2 Å². The topological polar surface area (TPSA) is 30.9 Å². The molecule has 26 heavy (non-hydrogen) atoms. The predicted octanol–water partition coefficient (Wildman–Crippen LogP) is 4.59. The number of piperazine rings is 1. The van der Waals surface area contributed by atoms with Gasteiger partial charge in [-0.1, -0.05) is 24.3 Å². The second-order valence-electron chi connectivity index (χ2n) is 7.12. The number of likely N-dealkylation sites (N-methyl/N-ethyl adjacent to an activating group) is 1. The minimum atomic E-state index is 1.01. The van der Waals surface area contributed by atoms with Crippen molar-refractivity contribution in [3.05, 3.63) is 53.6 Å². The minimum absolute atomic E-state index is 1.01. The predicted molar refractivity (Wildman–Crippen MR) is 112 cm³/mol. The molecule has 0 atom stereocenters. The van der Waals surface area contributed by atoms with E-state index in [9.17, 15) is 0 Å². The lowest BCUT2D eigenvalue weighted by Gasteiger charge is -2.34. The van der Waals surface area contributed by atoms with Gasteiger partial charge in [-0.2, -0.15) is 0 Å². The molecule has 0 amide bonds. The van der Waals surface area contributed by atoms with E-state index in [0.29, 0.717) is 0 Å². The van der Waals surface area contributed by atoms with Gasteiger partial charge in [0.25, 0.3) is 0 Å². The molecule has 3 aromatic rings. The first-order chi connectivity index (χ1) is 12.7. The second-order valence-corrected chi connectivity index (χ2v) is 8.17. The lowest BCUT2D eigenvalue weighted by Crippen LogP contribution is -2.47. The maximum absolute atomic E-state index is 5.16. The summed E-state index contributed by atoms with van der Waals surface area (Å²) in [6.07, 6.45) is 0. The molecule has 0 radical (unpaired) electrons. The number of aryl methyl sites for hydroxylation is 1. The van der Waals surface area contributed by atoms with Crippen LogP contribution in [0.1, 0.15) is 11.1 Å². The number of fused-ring (bicyclic) bond motifs is 4. The number of hydrogen-bond acceptors (Lipinski definition) is 5. The normalized spacial score (nSPS) is 17.3. The van der Waals surface area contributed by atoms with Crippen molar-refractivity contribution >= 4 is 43.6 Å². The van der Waals surface area contributed by atoms with Crippen LogP contribution in [0.3, 0.4) is 0 Å². The number of benzene rings is 2. The lowest BCUT2D eigenvalue weighted by atomic mass is 10.1. The third kappa shape index (κ3) is 2.50. The van der Waals surface area contributed by atoms with Crippen LogP contribution in [0.2, 0.25) is 0 Å².